The van der Waals surface area contributed by atoms with Crippen molar-refractivity contribution in [3.8, 4) is 16.8 Å². The molecule has 0 bridgehead atoms. The van der Waals surface area contributed by atoms with E-state index in [4.69, 9.17) is 0 Å². The van der Waals surface area contributed by atoms with Crippen LogP contribution in [-0.4, -0.2) is 11.3 Å². The van der Waals surface area contributed by atoms with Gasteiger partial charge in [-0.25, -0.2) is 0 Å². The van der Waals surface area contributed by atoms with Crippen molar-refractivity contribution in [1.82, 2.24) is 4.57 Å². The quantitative estimate of drug-likeness (QED) is 0.171. The van der Waals surface area contributed by atoms with E-state index in [2.05, 4.69) is 137 Å². The molecule has 3 heteroatoms. The van der Waals surface area contributed by atoms with Crippen molar-refractivity contribution in [3.63, 3.8) is 0 Å². The van der Waals surface area contributed by atoms with Crippen LogP contribution in [0.25, 0.3) is 38.6 Å². The Morgan fingerprint density at radius 2 is 1.06 bits per heavy atom. The van der Waals surface area contributed by atoms with Gasteiger partial charge in [0.25, 0.3) is 0 Å². The summed E-state index contributed by atoms with van der Waals surface area (Å²) in [4.78, 5) is 2.61. The molecule has 2 aliphatic heterocycles. The number of anilines is 3. The molecule has 0 unspecified atom stereocenters. The lowest BCUT2D eigenvalue weighted by molar-refractivity contribution is 0.443. The molecule has 6 aromatic carbocycles. The highest BCUT2D eigenvalue weighted by Gasteiger charge is 2.43. The van der Waals surface area contributed by atoms with E-state index in [0.717, 1.165) is 0 Å². The summed E-state index contributed by atoms with van der Waals surface area (Å²) < 4.78 is 2.50. The molecule has 7 aromatic rings. The molecule has 3 heterocycles. The van der Waals surface area contributed by atoms with Crippen molar-refractivity contribution in [1.29, 1.82) is 0 Å². The van der Waals surface area contributed by atoms with Gasteiger partial charge >= 0.3 is 0 Å². The molecular weight excluding hydrogens is 615 g/mol. The molecule has 0 radical (unpaired) electrons. The van der Waals surface area contributed by atoms with Crippen LogP contribution in [0.1, 0.15) is 87.2 Å². The molecule has 0 saturated heterocycles. The van der Waals surface area contributed by atoms with Crippen LogP contribution >= 0.6 is 0 Å². The van der Waals surface area contributed by atoms with Crippen LogP contribution in [0.15, 0.2) is 127 Å². The van der Waals surface area contributed by atoms with Gasteiger partial charge in [0.15, 0.2) is 0 Å². The van der Waals surface area contributed by atoms with Gasteiger partial charge in [0, 0.05) is 33.5 Å². The monoisotopic (exact) mass is 658 g/mol. The number of para-hydroxylation sites is 2. The maximum atomic E-state index is 2.62. The van der Waals surface area contributed by atoms with Crippen LogP contribution < -0.4 is 21.3 Å². The van der Waals surface area contributed by atoms with Gasteiger partial charge < -0.3 is 9.47 Å². The average molecular weight is 659 g/mol. The fourth-order valence-electron chi connectivity index (χ4n) is 10.6. The molecule has 0 atom stereocenters. The largest absolute Gasteiger partial charge is 0.311 e. The molecule has 4 aliphatic rings. The Hall–Kier alpha value is -5.02. The molecule has 51 heavy (non-hydrogen) atoms. The molecule has 0 amide bonds. The van der Waals surface area contributed by atoms with Gasteiger partial charge in [0.2, 0.25) is 6.71 Å². The van der Waals surface area contributed by atoms with Crippen molar-refractivity contribution in [2.75, 3.05) is 4.90 Å². The van der Waals surface area contributed by atoms with Gasteiger partial charge in [-0.1, -0.05) is 129 Å². The van der Waals surface area contributed by atoms with Crippen molar-refractivity contribution >= 4 is 62.0 Å². The maximum Gasteiger partial charge on any atom is 0.248 e. The second-order valence-corrected chi connectivity index (χ2v) is 15.7. The van der Waals surface area contributed by atoms with Crippen LogP contribution in [0.4, 0.5) is 17.1 Å². The Morgan fingerprint density at radius 1 is 0.451 bits per heavy atom. The lowest BCUT2D eigenvalue weighted by atomic mass is 9.37. The molecular formula is C48H43BN2. The lowest BCUT2D eigenvalue weighted by Gasteiger charge is -2.37. The second kappa shape index (κ2) is 11.8. The second-order valence-electron chi connectivity index (χ2n) is 15.7. The van der Waals surface area contributed by atoms with Gasteiger partial charge in [-0.3, -0.25) is 0 Å². The van der Waals surface area contributed by atoms with Crippen LogP contribution in [0.2, 0.25) is 0 Å². The molecule has 2 saturated carbocycles. The standard InChI is InChI=1S/C48H43BN2/c1-3-13-32(14-4-1)34-23-26-36(27-24-34)50-46-28-25-35(33-15-5-2-6-16-33)29-43(46)49-42-20-10-7-17-38(42)41-30-37(31-47(50)48(41)49)51-44-21-11-8-18-39(44)40-19-9-12-22-45(40)51/h7-12,17-33H,1-6,13-16H2. The molecule has 2 aliphatic carbocycles. The number of fused-ring (bicyclic) bond motifs is 8. The number of hydrogen-bond acceptors (Lipinski definition) is 1. The van der Waals surface area contributed by atoms with E-state index in [-0.39, 0.29) is 6.71 Å². The van der Waals surface area contributed by atoms with Crippen molar-refractivity contribution in [2.45, 2.75) is 76.0 Å². The smallest absolute Gasteiger partial charge is 0.248 e. The van der Waals surface area contributed by atoms with Crippen molar-refractivity contribution < 1.29 is 0 Å². The first-order chi connectivity index (χ1) is 25.3. The van der Waals surface area contributed by atoms with Crippen LogP contribution in [0.5, 0.6) is 0 Å². The fraction of sp³-hybridized carbons (Fsp3) is 0.250. The summed E-state index contributed by atoms with van der Waals surface area (Å²) >= 11 is 0. The molecule has 2 fully saturated rings. The highest BCUT2D eigenvalue weighted by atomic mass is 15.2. The topological polar surface area (TPSA) is 8.17 Å². The zero-order chi connectivity index (χ0) is 33.5. The molecule has 1 aromatic heterocycles. The third-order valence-electron chi connectivity index (χ3n) is 13.0. The van der Waals surface area contributed by atoms with E-state index in [1.165, 1.54) is 147 Å². The lowest BCUT2D eigenvalue weighted by Crippen LogP contribution is -2.54. The maximum absolute atomic E-state index is 2.62. The molecule has 11 rings (SSSR count). The Morgan fingerprint density at radius 3 is 1.76 bits per heavy atom. The third-order valence-corrected chi connectivity index (χ3v) is 13.0. The first-order valence-corrected chi connectivity index (χ1v) is 19.6. The van der Waals surface area contributed by atoms with Gasteiger partial charge in [-0.2, -0.15) is 0 Å². The number of aromatic nitrogens is 1. The SMILES string of the molecule is c1ccc2c(c1)B1c3cc(C4CCCCC4)ccc3N(c3ccc(C4CCCCC4)cc3)c3cc(-n4c5ccccc5c5ccccc54)cc-2c31. The summed E-state index contributed by atoms with van der Waals surface area (Å²) in [7, 11) is 0. The van der Waals surface area contributed by atoms with Gasteiger partial charge in [-0.15, -0.1) is 0 Å². The fourth-order valence-corrected chi connectivity index (χ4v) is 10.6. The zero-order valence-corrected chi connectivity index (χ0v) is 29.3. The summed E-state index contributed by atoms with van der Waals surface area (Å²) in [6.45, 7) is 0.231. The zero-order valence-electron chi connectivity index (χ0n) is 29.3. The van der Waals surface area contributed by atoms with Crippen LogP contribution in [0, 0.1) is 0 Å². The third kappa shape index (κ3) is 4.56. The van der Waals surface area contributed by atoms with Crippen LogP contribution in [-0.2, 0) is 0 Å². The Bertz CT molecular complexity index is 2410. The van der Waals surface area contributed by atoms with E-state index in [1.807, 2.05) is 0 Å². The highest BCUT2D eigenvalue weighted by molar-refractivity contribution is 7.01. The van der Waals surface area contributed by atoms with Crippen molar-refractivity contribution in [3.05, 3.63) is 139 Å². The average Bonchev–Trinajstić information content (AvgIpc) is 3.72. The van der Waals surface area contributed by atoms with Gasteiger partial charge in [0.1, 0.15) is 0 Å². The Kier molecular flexibility index (Phi) is 6.85. The Labute approximate surface area is 301 Å². The predicted molar refractivity (Wildman–Crippen MR) is 217 cm³/mol. The van der Waals surface area contributed by atoms with E-state index in [0.29, 0.717) is 11.8 Å². The number of nitrogens with zero attached hydrogens (tertiary/aromatic N) is 2. The van der Waals surface area contributed by atoms with E-state index >= 15 is 0 Å². The first-order valence-electron chi connectivity index (χ1n) is 19.6. The summed E-state index contributed by atoms with van der Waals surface area (Å²) in [5, 5.41) is 2.60. The minimum absolute atomic E-state index is 0.231. The first kappa shape index (κ1) is 29.7. The summed E-state index contributed by atoms with van der Waals surface area (Å²) in [6, 6.07) is 49.4. The molecule has 248 valence electrons. The normalized spacial score (nSPS) is 17.2. The summed E-state index contributed by atoms with van der Waals surface area (Å²) in [5.41, 5.74) is 17.8. The van der Waals surface area contributed by atoms with Gasteiger partial charge in [-0.05, 0) is 113 Å². The summed E-state index contributed by atoms with van der Waals surface area (Å²) in [5.74, 6) is 1.36. The highest BCUT2D eigenvalue weighted by Crippen LogP contribution is 2.45. The van der Waals surface area contributed by atoms with Gasteiger partial charge in [0.05, 0.1) is 11.0 Å². The molecule has 0 spiro atoms. The Balaban J connectivity index is 1.17. The molecule has 2 nitrogen and oxygen atoms in total. The van der Waals surface area contributed by atoms with E-state index in [1.54, 1.807) is 0 Å². The van der Waals surface area contributed by atoms with E-state index in [9.17, 15) is 0 Å². The number of rotatable bonds is 4. The van der Waals surface area contributed by atoms with Crippen molar-refractivity contribution in [2.24, 2.45) is 0 Å². The van der Waals surface area contributed by atoms with Crippen LogP contribution in [0.3, 0.4) is 0 Å². The van der Waals surface area contributed by atoms with E-state index < -0.39 is 0 Å². The minimum atomic E-state index is 0.231. The number of benzene rings is 6. The molecule has 0 N–H and O–H groups in total. The minimum Gasteiger partial charge on any atom is -0.311 e. The summed E-state index contributed by atoms with van der Waals surface area (Å²) in [6.07, 6.45) is 13.5. The number of hydrogen-bond donors (Lipinski definition) is 0. The predicted octanol–water partition coefficient (Wildman–Crippen LogP) is 11.2.